The van der Waals surface area contributed by atoms with Crippen molar-refractivity contribution < 1.29 is 65.7 Å². The van der Waals surface area contributed by atoms with Gasteiger partial charge in [0.2, 0.25) is 35.4 Å². The van der Waals surface area contributed by atoms with E-state index in [9.17, 15) is 29.1 Å². The molecule has 10 heterocycles. The molecule has 14 rings (SSSR count). The van der Waals surface area contributed by atoms with E-state index in [1.165, 1.54) is 26.7 Å². The number of ketones is 1. The van der Waals surface area contributed by atoms with Crippen molar-refractivity contribution in [1.29, 1.82) is 0 Å². The third kappa shape index (κ3) is 9.42. The Hall–Kier alpha value is -9.61. The van der Waals surface area contributed by atoms with E-state index in [1.54, 1.807) is 13.8 Å². The van der Waals surface area contributed by atoms with Gasteiger partial charge in [-0.3, -0.25) is 14.4 Å². The fourth-order valence-corrected chi connectivity index (χ4v) is 13.0. The summed E-state index contributed by atoms with van der Waals surface area (Å²) in [6.45, 7) is 15.3. The van der Waals surface area contributed by atoms with E-state index in [-0.39, 0.29) is 76.9 Å². The smallest absolute Gasteiger partial charge is 0.360 e. The number of para-hydroxylation sites is 2. The predicted molar refractivity (Wildman–Crippen MR) is 318 cm³/mol. The van der Waals surface area contributed by atoms with Gasteiger partial charge in [-0.15, -0.1) is 0 Å². The predicted octanol–water partition coefficient (Wildman–Crippen LogP) is 8.63. The molecule has 6 aliphatic heterocycles. The summed E-state index contributed by atoms with van der Waals surface area (Å²) in [6, 6.07) is 25.1. The molecule has 6 aliphatic rings. The molecule has 2 spiro atoms. The Kier molecular flexibility index (Phi) is 14.0. The van der Waals surface area contributed by atoms with Gasteiger partial charge < -0.3 is 68.7 Å². The molecule has 0 unspecified atom stereocenters. The van der Waals surface area contributed by atoms with Crippen LogP contribution >= 0.6 is 0 Å². The maximum atomic E-state index is 14.2. The molecule has 4 aromatic carbocycles. The van der Waals surface area contributed by atoms with Gasteiger partial charge in [-0.2, -0.15) is 0 Å². The first-order valence-corrected chi connectivity index (χ1v) is 29.4. The topological polar surface area (TPSA) is 321 Å². The number of aliphatic hydroxyl groups excluding tert-OH is 1. The maximum Gasteiger partial charge on any atom is 0.360 e. The van der Waals surface area contributed by atoms with Gasteiger partial charge in [-0.1, -0.05) is 116 Å². The zero-order valence-corrected chi connectivity index (χ0v) is 50.6. The molecule has 9 atom stereocenters. The minimum absolute atomic E-state index is 0.00748. The highest BCUT2D eigenvalue weighted by atomic mass is 16.5. The number of aromatic nitrogens is 4. The summed E-state index contributed by atoms with van der Waals surface area (Å²) in [4.78, 5) is 84.1. The van der Waals surface area contributed by atoms with E-state index < -0.39 is 82.0 Å². The number of hydrogen-bond acceptors (Lipinski definition) is 21. The Balaban J connectivity index is 0.000000166. The van der Waals surface area contributed by atoms with Crippen LogP contribution in [0.1, 0.15) is 152 Å². The van der Waals surface area contributed by atoms with Crippen LogP contribution in [-0.2, 0) is 47.5 Å². The Morgan fingerprint density at radius 2 is 1.08 bits per heavy atom. The number of nitrogens with one attached hydrogen (secondary N) is 4. The summed E-state index contributed by atoms with van der Waals surface area (Å²) < 4.78 is 48.1. The first-order chi connectivity index (χ1) is 42.4. The molecule has 460 valence electrons. The van der Waals surface area contributed by atoms with E-state index in [1.807, 2.05) is 126 Å². The molecule has 0 saturated carbocycles. The molecule has 7 N–H and O–H groups in total. The quantitative estimate of drug-likeness (QED) is 0.0775. The van der Waals surface area contributed by atoms with Gasteiger partial charge in [0.25, 0.3) is 0 Å². The number of benzene rings is 4. The second-order valence-electron chi connectivity index (χ2n) is 25.9. The molecule has 23 heteroatoms. The highest BCUT2D eigenvalue weighted by Gasteiger charge is 2.63. The number of nitrogens with zero attached hydrogens (tertiary/aromatic N) is 4. The zero-order valence-electron chi connectivity index (χ0n) is 50.6. The molecule has 8 aromatic rings. The van der Waals surface area contributed by atoms with Crippen LogP contribution < -0.4 is 36.5 Å². The summed E-state index contributed by atoms with van der Waals surface area (Å²) >= 11 is 0. The number of amides is 2. The van der Waals surface area contributed by atoms with Gasteiger partial charge in [-0.05, 0) is 76.1 Å². The number of hydrogen-bond donors (Lipinski definition) is 6. The first kappa shape index (κ1) is 58.4. The Morgan fingerprint density at radius 1 is 0.629 bits per heavy atom. The van der Waals surface area contributed by atoms with Crippen molar-refractivity contribution in [3.63, 3.8) is 0 Å². The van der Waals surface area contributed by atoms with Crippen molar-refractivity contribution in [3.05, 3.63) is 166 Å². The third-order valence-electron chi connectivity index (χ3n) is 17.6. The number of fused-ring (bicyclic) bond motifs is 8. The highest BCUT2D eigenvalue weighted by molar-refractivity contribution is 5.91. The second kappa shape index (κ2) is 21.3. The van der Waals surface area contributed by atoms with Gasteiger partial charge in [0.05, 0.1) is 20.3 Å². The summed E-state index contributed by atoms with van der Waals surface area (Å²) in [6.07, 6.45) is 0.417. The van der Waals surface area contributed by atoms with Crippen LogP contribution in [-0.4, -0.2) is 93.4 Å². The van der Waals surface area contributed by atoms with Crippen molar-refractivity contribution in [2.24, 2.45) is 28.4 Å². The van der Waals surface area contributed by atoms with Crippen molar-refractivity contribution in [2.45, 2.75) is 122 Å². The van der Waals surface area contributed by atoms with Crippen LogP contribution in [0.15, 0.2) is 115 Å². The lowest BCUT2D eigenvalue weighted by Gasteiger charge is -2.32. The molecule has 8 bridgehead atoms. The van der Waals surface area contributed by atoms with Gasteiger partial charge >= 0.3 is 11.9 Å². The average molecular weight is 1210 g/mol. The number of anilines is 2. The number of methoxy groups -OCH3 is 2. The number of esters is 2. The van der Waals surface area contributed by atoms with Gasteiger partial charge in [0, 0.05) is 34.8 Å². The Labute approximate surface area is 510 Å². The lowest BCUT2D eigenvalue weighted by atomic mass is 9.72. The molecule has 2 amide bonds. The Bertz CT molecular complexity index is 4180. The molecule has 0 aliphatic carbocycles. The van der Waals surface area contributed by atoms with Crippen LogP contribution in [0.25, 0.3) is 23.2 Å². The molecular weight excluding hydrogens is 1140 g/mol. The van der Waals surface area contributed by atoms with Crippen molar-refractivity contribution in [2.75, 3.05) is 24.9 Å². The molecule has 0 radical (unpaired) electrons. The summed E-state index contributed by atoms with van der Waals surface area (Å²) in [5.41, 5.74) is 10.5. The van der Waals surface area contributed by atoms with Crippen LogP contribution in [0.5, 0.6) is 11.5 Å². The minimum Gasteiger partial charge on any atom is -0.469 e. The molecule has 23 nitrogen and oxygen atoms in total. The minimum atomic E-state index is -1.19. The number of nitrogens with two attached hydrogens (primary N) is 1. The summed E-state index contributed by atoms with van der Waals surface area (Å²) in [5, 5.41) is 23.8. The van der Waals surface area contributed by atoms with Crippen LogP contribution in [0.4, 0.5) is 11.4 Å². The maximum absolute atomic E-state index is 14.2. The number of carbonyl (C=O) groups excluding carboxylic acids is 5. The fourth-order valence-electron chi connectivity index (χ4n) is 13.0. The molecule has 4 aromatic heterocycles. The normalized spacial score (nSPS) is 23.7. The average Bonchev–Trinajstić information content (AvgIpc) is 1.54. The van der Waals surface area contributed by atoms with E-state index in [0.717, 1.165) is 44.8 Å². The van der Waals surface area contributed by atoms with Crippen LogP contribution in [0.2, 0.25) is 0 Å². The number of rotatable bonds is 8. The van der Waals surface area contributed by atoms with Crippen molar-refractivity contribution >= 4 is 40.9 Å². The van der Waals surface area contributed by atoms with Crippen LogP contribution in [0, 0.1) is 22.7 Å². The highest BCUT2D eigenvalue weighted by Crippen LogP contribution is 2.61. The van der Waals surface area contributed by atoms with E-state index in [0.29, 0.717) is 29.4 Å². The molecule has 89 heavy (non-hydrogen) atoms. The lowest BCUT2D eigenvalue weighted by molar-refractivity contribution is -0.135. The first-order valence-electron chi connectivity index (χ1n) is 29.4. The fraction of sp³-hybridized carbons (Fsp3) is 0.379. The van der Waals surface area contributed by atoms with Gasteiger partial charge in [0.15, 0.2) is 52.5 Å². The summed E-state index contributed by atoms with van der Waals surface area (Å²) in [5.74, 6) is -0.910. The van der Waals surface area contributed by atoms with E-state index in [2.05, 4.69) is 31.2 Å². The zero-order chi connectivity index (χ0) is 62.8. The Morgan fingerprint density at radius 3 is 1.53 bits per heavy atom. The van der Waals surface area contributed by atoms with E-state index >= 15 is 0 Å². The monoisotopic (exact) mass is 1210 g/mol. The van der Waals surface area contributed by atoms with Crippen molar-refractivity contribution in [3.8, 4) is 34.7 Å². The molecule has 0 fully saturated rings. The lowest BCUT2D eigenvalue weighted by Crippen LogP contribution is -2.46. The van der Waals surface area contributed by atoms with Crippen molar-refractivity contribution in [1.82, 2.24) is 30.6 Å². The SMILES string of the molecule is COC(=O)c1coc(-c2nc3oc2[C@@]24c5ccccc5N[C@@H]2Oc2ccc(cc24)C[C@H](CC(=O)[C@@H](O)C(C)C)C(=O)N[C@H]3C(C)(C)C)n1.COC(=O)c1coc(-c2nc3oc2[C@@]24c5ccccc5N[C@@H]2Oc2ccc(cc24)C[C@H](N)C(=O)N[C@H]3C(C)(C)C)n1. The number of Topliss-reactive ketones (excluding diaryl/α,β-unsaturated/α-hetero) is 1. The third-order valence-corrected chi connectivity index (χ3v) is 17.6. The number of aliphatic hydroxyl groups is 1. The number of ether oxygens (including phenoxy) is 4. The second-order valence-corrected chi connectivity index (χ2v) is 25.9. The van der Waals surface area contributed by atoms with Gasteiger partial charge in [0.1, 0.15) is 53.0 Å². The van der Waals surface area contributed by atoms with E-state index in [4.69, 9.17) is 52.3 Å². The standard InChI is InChI=1S/C36H38N4O8.C30H29N5O6/c1-17(2)27(42)24(41)15-19-13-18-11-12-25-21(14-18)36(20-9-7-8-10-22(20)38-34(36)47-25)29-26(31-37-23(16-46-31)33(44)45-6)39-32(48-29)28(35(3,4)5)40-30(19)43;1-29(2,3)22-26-34-21(25-32-19(13-39-25)27(37)38-4)23(41-26)30-15-7-5-6-8-18(15)33-28(30)40-20-10-9-14(11-16(20)30)12-17(31)24(36)35-22/h7-12,14,16-17,19,27-28,34,38,42H,13,15H2,1-6H3,(H,40,43);5-11,13,17,22,28,33H,12,31H2,1-4H3,(H,35,36)/t19-,27+,28-,34-,36+;17-,22+,28+,30-/m10/s1. The summed E-state index contributed by atoms with van der Waals surface area (Å²) in [7, 11) is 2.53. The van der Waals surface area contributed by atoms with Crippen LogP contribution in [0.3, 0.4) is 0 Å². The number of carbonyl (C=O) groups is 5. The molecule has 0 saturated heterocycles. The van der Waals surface area contributed by atoms with Gasteiger partial charge in [-0.25, -0.2) is 29.5 Å². The largest absolute Gasteiger partial charge is 0.469 e. The number of oxazole rings is 4. The molecular formula is C66H67N9O14.